The summed E-state index contributed by atoms with van der Waals surface area (Å²) < 4.78 is 106. The fourth-order valence-electron chi connectivity index (χ4n) is 2.67. The first kappa shape index (κ1) is 25.4. The summed E-state index contributed by atoms with van der Waals surface area (Å²) in [6.07, 6.45) is -13.6. The van der Waals surface area contributed by atoms with E-state index in [1.807, 2.05) is 0 Å². The van der Waals surface area contributed by atoms with Gasteiger partial charge in [0.15, 0.2) is 23.1 Å². The highest BCUT2D eigenvalue weighted by atomic mass is 35.5. The maximum atomic E-state index is 14.4. The first-order valence-corrected chi connectivity index (χ1v) is 9.39. The number of para-hydroxylation sites is 1. The lowest BCUT2D eigenvalue weighted by atomic mass is 10.0. The number of esters is 2. The summed E-state index contributed by atoms with van der Waals surface area (Å²) >= 11 is 11.5. The third-order valence-electron chi connectivity index (χ3n) is 4.17. The Balaban J connectivity index is 2.05. The Labute approximate surface area is 194 Å². The number of ether oxygens (including phenoxy) is 3. The van der Waals surface area contributed by atoms with Gasteiger partial charge in [-0.2, -0.15) is 26.3 Å². The molecule has 0 saturated carbocycles. The van der Waals surface area contributed by atoms with E-state index in [0.717, 1.165) is 18.2 Å². The van der Waals surface area contributed by atoms with Crippen molar-refractivity contribution in [1.29, 1.82) is 0 Å². The summed E-state index contributed by atoms with van der Waals surface area (Å²) in [6, 6.07) is 4.24. The number of benzene rings is 2. The first-order chi connectivity index (χ1) is 15.6. The molecule has 0 spiro atoms. The molecule has 1 unspecified atom stereocenters. The molecule has 1 aliphatic rings. The Morgan fingerprint density at radius 2 is 1.71 bits per heavy atom. The van der Waals surface area contributed by atoms with Crippen molar-refractivity contribution in [2.24, 2.45) is 0 Å². The maximum Gasteiger partial charge on any atom is 0.491 e. The summed E-state index contributed by atoms with van der Waals surface area (Å²) in [4.78, 5) is 22.8. The monoisotopic (exact) mass is 533 g/mol. The van der Waals surface area contributed by atoms with Crippen molar-refractivity contribution in [2.75, 3.05) is 5.73 Å². The van der Waals surface area contributed by atoms with E-state index in [0.29, 0.717) is 6.08 Å². The minimum absolute atomic E-state index is 0.237. The molecule has 0 fully saturated rings. The van der Waals surface area contributed by atoms with Crippen LogP contribution in [0.1, 0.15) is 5.56 Å². The zero-order valence-corrected chi connectivity index (χ0v) is 17.5. The molecule has 1 atom stereocenters. The van der Waals surface area contributed by atoms with Gasteiger partial charge in [0.1, 0.15) is 5.02 Å². The highest BCUT2D eigenvalue weighted by molar-refractivity contribution is 6.39. The van der Waals surface area contributed by atoms with Crippen LogP contribution >= 0.6 is 23.2 Å². The zero-order valence-electron chi connectivity index (χ0n) is 16.0. The Bertz CT molecular complexity index is 1210. The highest BCUT2D eigenvalue weighted by Crippen LogP contribution is 2.45. The van der Waals surface area contributed by atoms with Crippen LogP contribution in [0.4, 0.5) is 36.4 Å². The average Bonchev–Trinajstić information content (AvgIpc) is 2.73. The van der Waals surface area contributed by atoms with Gasteiger partial charge in [-0.3, -0.25) is 0 Å². The number of halogens is 9. The van der Waals surface area contributed by atoms with Gasteiger partial charge in [0.2, 0.25) is 6.10 Å². The van der Waals surface area contributed by atoms with Crippen LogP contribution in [0.2, 0.25) is 10.0 Å². The molecule has 15 heteroatoms. The van der Waals surface area contributed by atoms with Crippen LogP contribution in [0.15, 0.2) is 29.8 Å². The fraction of sp³-hybridized carbons (Fsp3) is 0.158. The molecule has 1 heterocycles. The van der Waals surface area contributed by atoms with E-state index in [1.54, 1.807) is 0 Å². The Hall–Kier alpha value is -3.19. The fourth-order valence-corrected chi connectivity index (χ4v) is 3.10. The smallest absolute Gasteiger partial charge is 0.471 e. The van der Waals surface area contributed by atoms with E-state index in [1.165, 1.54) is 6.07 Å². The number of hydrogen-bond acceptors (Lipinski definition) is 6. The highest BCUT2D eigenvalue weighted by Gasteiger charge is 2.51. The van der Waals surface area contributed by atoms with E-state index in [9.17, 15) is 40.3 Å². The van der Waals surface area contributed by atoms with Crippen LogP contribution in [-0.4, -0.2) is 30.4 Å². The Morgan fingerprint density at radius 3 is 2.29 bits per heavy atom. The molecule has 0 aliphatic carbocycles. The number of carbonyl (C=O) groups excluding carboxylic acids is 2. The SMILES string of the molecule is Nc1c(Cl)cc(Oc2cccc3c2OC(C(F)(F)F)C(C(=O)OC(=O)C(F)(F)F)=C3)c(F)c1Cl. The van der Waals surface area contributed by atoms with Gasteiger partial charge in [0.05, 0.1) is 16.3 Å². The van der Waals surface area contributed by atoms with E-state index in [4.69, 9.17) is 38.4 Å². The van der Waals surface area contributed by atoms with E-state index in [2.05, 4.69) is 4.74 Å². The van der Waals surface area contributed by atoms with Gasteiger partial charge in [-0.1, -0.05) is 35.3 Å². The van der Waals surface area contributed by atoms with Crippen molar-refractivity contribution in [2.45, 2.75) is 18.5 Å². The van der Waals surface area contributed by atoms with Gasteiger partial charge < -0.3 is 19.9 Å². The Kier molecular flexibility index (Phi) is 6.64. The minimum Gasteiger partial charge on any atom is -0.471 e. The summed E-state index contributed by atoms with van der Waals surface area (Å²) in [5.41, 5.74) is 3.41. The van der Waals surface area contributed by atoms with E-state index >= 15 is 0 Å². The lowest BCUT2D eigenvalue weighted by Gasteiger charge is -2.28. The topological polar surface area (TPSA) is 87.8 Å². The Morgan fingerprint density at radius 1 is 1.06 bits per heavy atom. The number of nitrogen functional groups attached to an aromatic ring is 1. The number of fused-ring (bicyclic) bond motifs is 1. The molecule has 2 N–H and O–H groups in total. The van der Waals surface area contributed by atoms with Crippen molar-refractivity contribution >= 4 is 46.9 Å². The molecule has 1 aliphatic heterocycles. The largest absolute Gasteiger partial charge is 0.491 e. The number of nitrogens with two attached hydrogens (primary N) is 1. The molecule has 34 heavy (non-hydrogen) atoms. The third kappa shape index (κ3) is 4.99. The predicted octanol–water partition coefficient (Wildman–Crippen LogP) is 5.85. The molecule has 0 amide bonds. The number of hydrogen-bond donors (Lipinski definition) is 1. The molecular weight excluding hydrogens is 526 g/mol. The van der Waals surface area contributed by atoms with Crippen molar-refractivity contribution in [3.63, 3.8) is 0 Å². The van der Waals surface area contributed by atoms with Crippen LogP contribution in [0, 0.1) is 5.82 Å². The van der Waals surface area contributed by atoms with Gasteiger partial charge in [-0.25, -0.2) is 14.0 Å². The van der Waals surface area contributed by atoms with E-state index in [-0.39, 0.29) is 16.3 Å². The van der Waals surface area contributed by atoms with Gasteiger partial charge >= 0.3 is 24.3 Å². The first-order valence-electron chi connectivity index (χ1n) is 8.63. The quantitative estimate of drug-likeness (QED) is 0.175. The summed E-state index contributed by atoms with van der Waals surface area (Å²) in [7, 11) is 0. The second-order valence-electron chi connectivity index (χ2n) is 6.49. The molecular formula is C19H8Cl2F7NO5. The van der Waals surface area contributed by atoms with Crippen LogP contribution in [-0.2, 0) is 14.3 Å². The molecule has 0 bridgehead atoms. The predicted molar refractivity (Wildman–Crippen MR) is 103 cm³/mol. The summed E-state index contributed by atoms with van der Waals surface area (Å²) in [6.45, 7) is 0. The van der Waals surface area contributed by atoms with Gasteiger partial charge in [0.25, 0.3) is 0 Å². The molecule has 6 nitrogen and oxygen atoms in total. The number of carbonyl (C=O) groups is 2. The number of alkyl halides is 6. The van der Waals surface area contributed by atoms with Crippen LogP contribution in [0.25, 0.3) is 6.08 Å². The lowest BCUT2D eigenvalue weighted by molar-refractivity contribution is -0.204. The minimum atomic E-state index is -5.63. The average molecular weight is 534 g/mol. The van der Waals surface area contributed by atoms with Crippen LogP contribution < -0.4 is 15.2 Å². The van der Waals surface area contributed by atoms with Crippen LogP contribution in [0.3, 0.4) is 0 Å². The second kappa shape index (κ2) is 8.87. The van der Waals surface area contributed by atoms with Crippen molar-refractivity contribution in [1.82, 2.24) is 0 Å². The molecule has 3 rings (SSSR count). The molecule has 0 aromatic heterocycles. The third-order valence-corrected chi connectivity index (χ3v) is 4.85. The van der Waals surface area contributed by atoms with Gasteiger partial charge in [0, 0.05) is 11.6 Å². The number of rotatable bonds is 3. The maximum absolute atomic E-state index is 14.4. The van der Waals surface area contributed by atoms with E-state index < -0.39 is 64.1 Å². The molecule has 0 saturated heterocycles. The molecule has 0 radical (unpaired) electrons. The number of anilines is 1. The molecule has 182 valence electrons. The normalized spacial score (nSPS) is 15.7. The lowest BCUT2D eigenvalue weighted by Crippen LogP contribution is -2.42. The van der Waals surface area contributed by atoms with Crippen molar-refractivity contribution in [3.05, 3.63) is 51.3 Å². The van der Waals surface area contributed by atoms with Crippen molar-refractivity contribution in [3.8, 4) is 17.2 Å². The van der Waals surface area contributed by atoms with Crippen LogP contribution in [0.5, 0.6) is 17.2 Å². The van der Waals surface area contributed by atoms with Gasteiger partial charge in [-0.05, 0) is 12.1 Å². The summed E-state index contributed by atoms with van der Waals surface area (Å²) in [5, 5.41) is -0.861. The molecule has 2 aromatic rings. The standard InChI is InChI=1S/C19H8Cl2F7NO5/c20-8-5-10(12(22)11(21)13(8)29)32-9-3-1-2-6-4-7(15(18(23,24)25)33-14(6)9)16(30)34-17(31)19(26,27)28/h1-5,15H,29H2. The van der Waals surface area contributed by atoms with Crippen molar-refractivity contribution < 1.29 is 54.5 Å². The second-order valence-corrected chi connectivity index (χ2v) is 7.27. The summed E-state index contributed by atoms with van der Waals surface area (Å²) in [5.74, 6) is -8.26. The zero-order chi connectivity index (χ0) is 25.6. The molecule has 2 aromatic carbocycles. The van der Waals surface area contributed by atoms with Gasteiger partial charge in [-0.15, -0.1) is 0 Å².